The summed E-state index contributed by atoms with van der Waals surface area (Å²) >= 11 is 5.61. The molecule has 0 aromatic carbocycles. The SMILES string of the molecule is CCC(CCN(CCC(=O)Cl)CCC(CC)[Si](OC)(OC)OC)[Si](OC)(OC)OC. The van der Waals surface area contributed by atoms with E-state index in [0.29, 0.717) is 13.0 Å². The average molecular weight is 488 g/mol. The highest BCUT2D eigenvalue weighted by Gasteiger charge is 2.47. The molecular weight excluding hydrogens is 446 g/mol. The first kappa shape index (κ1) is 30.1. The van der Waals surface area contributed by atoms with Gasteiger partial charge in [0.05, 0.1) is 0 Å². The highest BCUT2D eigenvalue weighted by Crippen LogP contribution is 2.33. The maximum atomic E-state index is 11.4. The van der Waals surface area contributed by atoms with Crippen molar-refractivity contribution in [2.24, 2.45) is 0 Å². The van der Waals surface area contributed by atoms with Gasteiger partial charge >= 0.3 is 17.6 Å². The van der Waals surface area contributed by atoms with Crippen molar-refractivity contribution in [2.45, 2.75) is 57.0 Å². The second-order valence-electron chi connectivity index (χ2n) is 7.17. The number of rotatable bonds is 19. The molecule has 0 amide bonds. The lowest BCUT2D eigenvalue weighted by molar-refractivity contribution is -0.112. The van der Waals surface area contributed by atoms with E-state index >= 15 is 0 Å². The van der Waals surface area contributed by atoms with Crippen LogP contribution in [0.4, 0.5) is 0 Å². The maximum absolute atomic E-state index is 11.4. The van der Waals surface area contributed by atoms with Crippen molar-refractivity contribution < 1.29 is 31.4 Å². The predicted molar refractivity (Wildman–Crippen MR) is 123 cm³/mol. The number of carbonyl (C=O) groups is 1. The van der Waals surface area contributed by atoms with Crippen LogP contribution in [0.5, 0.6) is 0 Å². The van der Waals surface area contributed by atoms with E-state index in [1.54, 1.807) is 42.7 Å². The van der Waals surface area contributed by atoms with Crippen molar-refractivity contribution in [3.05, 3.63) is 0 Å². The Bertz CT molecular complexity index is 420. The molecule has 8 nitrogen and oxygen atoms in total. The molecule has 0 rings (SSSR count). The van der Waals surface area contributed by atoms with E-state index in [9.17, 15) is 4.79 Å². The van der Waals surface area contributed by atoms with Crippen molar-refractivity contribution in [3.8, 4) is 0 Å². The third kappa shape index (κ3) is 8.57. The Morgan fingerprint density at radius 1 is 0.733 bits per heavy atom. The first-order chi connectivity index (χ1) is 14.3. The standard InChI is InChI=1S/C19H42ClNO7Si2/c1-9-17(29(23-3,24-4)25-5)11-14-21(16-13-19(20)22)15-12-18(10-2)30(26-6,27-7)28-8/h17-18H,9-16H2,1-8H3. The van der Waals surface area contributed by atoms with Gasteiger partial charge in [-0.15, -0.1) is 0 Å². The summed E-state index contributed by atoms with van der Waals surface area (Å²) in [5, 5.41) is -0.331. The lowest BCUT2D eigenvalue weighted by Gasteiger charge is -2.35. The maximum Gasteiger partial charge on any atom is 0.503 e. The smallest absolute Gasteiger partial charge is 0.377 e. The summed E-state index contributed by atoms with van der Waals surface area (Å²) in [4.78, 5) is 13.6. The van der Waals surface area contributed by atoms with Gasteiger partial charge in [-0.1, -0.05) is 13.8 Å². The second-order valence-corrected chi connectivity index (χ2v) is 14.1. The van der Waals surface area contributed by atoms with Crippen LogP contribution in [0.25, 0.3) is 0 Å². The summed E-state index contributed by atoms with van der Waals surface area (Å²) in [5.41, 5.74) is 0.332. The summed E-state index contributed by atoms with van der Waals surface area (Å²) in [6, 6.07) is 0. The van der Waals surface area contributed by atoms with E-state index in [1.165, 1.54) is 0 Å². The molecule has 0 radical (unpaired) electrons. The van der Waals surface area contributed by atoms with Crippen LogP contribution in [0.15, 0.2) is 0 Å². The van der Waals surface area contributed by atoms with Crippen LogP contribution in [0, 0.1) is 0 Å². The predicted octanol–water partition coefficient (Wildman–Crippen LogP) is 3.54. The number of hydrogen-bond acceptors (Lipinski definition) is 8. The van der Waals surface area contributed by atoms with E-state index in [4.69, 9.17) is 38.2 Å². The molecule has 0 aromatic rings. The molecule has 0 aromatic heterocycles. The fourth-order valence-electron chi connectivity index (χ4n) is 4.02. The lowest BCUT2D eigenvalue weighted by atomic mass is 10.2. The van der Waals surface area contributed by atoms with Gasteiger partial charge in [0.15, 0.2) is 0 Å². The van der Waals surface area contributed by atoms with Gasteiger partial charge in [0.25, 0.3) is 0 Å². The minimum absolute atomic E-state index is 0.166. The Kier molecular flexibility index (Phi) is 15.9. The van der Waals surface area contributed by atoms with Gasteiger partial charge in [-0.3, -0.25) is 4.79 Å². The van der Waals surface area contributed by atoms with Gasteiger partial charge in [-0.25, -0.2) is 0 Å². The van der Waals surface area contributed by atoms with Gasteiger partial charge in [0.1, 0.15) is 0 Å². The lowest BCUT2D eigenvalue weighted by Crippen LogP contribution is -2.49. The largest absolute Gasteiger partial charge is 0.503 e. The van der Waals surface area contributed by atoms with Gasteiger partial charge in [0.2, 0.25) is 5.24 Å². The Balaban J connectivity index is 5.25. The topological polar surface area (TPSA) is 75.7 Å². The molecule has 0 aliphatic rings. The molecule has 0 saturated heterocycles. The molecular formula is C19H42ClNO7Si2. The number of hydrogen-bond donors (Lipinski definition) is 0. The van der Waals surface area contributed by atoms with Crippen molar-refractivity contribution in [1.29, 1.82) is 0 Å². The zero-order valence-electron chi connectivity index (χ0n) is 20.0. The molecule has 0 spiro atoms. The van der Waals surface area contributed by atoms with Gasteiger partial charge in [-0.2, -0.15) is 0 Å². The van der Waals surface area contributed by atoms with Gasteiger partial charge in [-0.05, 0) is 50.4 Å². The van der Waals surface area contributed by atoms with E-state index in [0.717, 1.165) is 38.8 Å². The number of halogens is 1. The van der Waals surface area contributed by atoms with Gasteiger partial charge < -0.3 is 31.5 Å². The molecule has 2 unspecified atom stereocenters. The summed E-state index contributed by atoms with van der Waals surface area (Å²) in [7, 11) is 4.39. The molecule has 2 atom stereocenters. The van der Waals surface area contributed by atoms with Crippen molar-refractivity contribution in [3.63, 3.8) is 0 Å². The summed E-state index contributed by atoms with van der Waals surface area (Å²) in [6.45, 7) is 6.38. The normalized spacial score (nSPS) is 14.9. The highest BCUT2D eigenvalue weighted by molar-refractivity contribution is 6.63. The first-order valence-electron chi connectivity index (χ1n) is 10.5. The van der Waals surface area contributed by atoms with Crippen LogP contribution in [-0.2, 0) is 31.4 Å². The average Bonchev–Trinajstić information content (AvgIpc) is 2.77. The van der Waals surface area contributed by atoms with Crippen LogP contribution in [0.3, 0.4) is 0 Å². The van der Waals surface area contributed by atoms with Crippen LogP contribution in [0.2, 0.25) is 11.1 Å². The van der Waals surface area contributed by atoms with Crippen LogP contribution in [-0.4, -0.2) is 90.0 Å². The Morgan fingerprint density at radius 2 is 1.07 bits per heavy atom. The third-order valence-electron chi connectivity index (χ3n) is 5.90. The molecule has 180 valence electrons. The third-order valence-corrected chi connectivity index (χ3v) is 12.9. The molecule has 0 aliphatic carbocycles. The van der Waals surface area contributed by atoms with E-state index in [2.05, 4.69) is 18.7 Å². The van der Waals surface area contributed by atoms with E-state index in [-0.39, 0.29) is 16.3 Å². The minimum Gasteiger partial charge on any atom is -0.377 e. The van der Waals surface area contributed by atoms with Crippen LogP contribution >= 0.6 is 11.6 Å². The fourth-order valence-corrected chi connectivity index (χ4v) is 9.07. The summed E-state index contributed by atoms with van der Waals surface area (Å²) in [6.07, 6.45) is 3.75. The van der Waals surface area contributed by atoms with E-state index < -0.39 is 17.6 Å². The van der Waals surface area contributed by atoms with Crippen molar-refractivity contribution in [2.75, 3.05) is 62.3 Å². The zero-order chi connectivity index (χ0) is 23.2. The molecule has 30 heavy (non-hydrogen) atoms. The zero-order valence-corrected chi connectivity index (χ0v) is 22.8. The fraction of sp³-hybridized carbons (Fsp3) is 0.947. The first-order valence-corrected chi connectivity index (χ1v) is 14.5. The monoisotopic (exact) mass is 487 g/mol. The molecule has 0 heterocycles. The Morgan fingerprint density at radius 3 is 1.30 bits per heavy atom. The number of carbonyl (C=O) groups excluding carboxylic acids is 1. The molecule has 0 bridgehead atoms. The molecule has 0 aliphatic heterocycles. The quantitative estimate of drug-likeness (QED) is 0.202. The van der Waals surface area contributed by atoms with Crippen molar-refractivity contribution in [1.82, 2.24) is 4.90 Å². The highest BCUT2D eigenvalue weighted by atomic mass is 35.5. The molecule has 0 N–H and O–H groups in total. The molecule has 0 saturated carbocycles. The minimum atomic E-state index is -2.73. The summed E-state index contributed by atoms with van der Waals surface area (Å²) in [5.74, 6) is 0. The number of nitrogens with zero attached hydrogens (tertiary/aromatic N) is 1. The van der Waals surface area contributed by atoms with Crippen LogP contribution < -0.4 is 0 Å². The van der Waals surface area contributed by atoms with E-state index in [1.807, 2.05) is 0 Å². The van der Waals surface area contributed by atoms with Gasteiger partial charge in [0, 0.05) is 66.7 Å². The molecule has 0 fully saturated rings. The second kappa shape index (κ2) is 15.8. The van der Waals surface area contributed by atoms with Crippen LogP contribution in [0.1, 0.15) is 46.0 Å². The van der Waals surface area contributed by atoms with Crippen molar-refractivity contribution >= 4 is 34.5 Å². The summed E-state index contributed by atoms with van der Waals surface area (Å²) < 4.78 is 34.1. The Labute approximate surface area is 190 Å². The molecule has 11 heteroatoms. The Hall–Kier alpha value is 0.114.